The topological polar surface area (TPSA) is 75.4 Å². The zero-order valence-corrected chi connectivity index (χ0v) is 14.6. The van der Waals surface area contributed by atoms with Crippen LogP contribution in [0.1, 0.15) is 46.6 Å². The summed E-state index contributed by atoms with van der Waals surface area (Å²) in [6.07, 6.45) is 2.21. The van der Waals surface area contributed by atoms with Crippen LogP contribution in [0.3, 0.4) is 0 Å². The van der Waals surface area contributed by atoms with Crippen LogP contribution in [0.15, 0.2) is 30.3 Å². The highest BCUT2D eigenvalue weighted by Crippen LogP contribution is 2.21. The average Bonchev–Trinajstić information content (AvgIpc) is 2.91. The molecular formula is C19H23N3O3. The molecule has 1 aromatic heterocycles. The normalized spacial score (nSPS) is 17.5. The fraction of sp³-hybridized carbons (Fsp3) is 0.421. The third-order valence-electron chi connectivity index (χ3n) is 4.66. The standard InChI is InChI=1S/C19H23N3O3/c1-13-10-14(2)22(20-13)12-15-6-5-7-16(11-15)18(23)21-9-4-3-8-17(21)19(24)25/h5-7,10-11,17H,3-4,8-9,12H2,1-2H3,(H,24,25). The van der Waals surface area contributed by atoms with Crippen LogP contribution in [0.4, 0.5) is 0 Å². The lowest BCUT2D eigenvalue weighted by Crippen LogP contribution is -2.48. The number of hydrogen-bond donors (Lipinski definition) is 1. The van der Waals surface area contributed by atoms with Gasteiger partial charge in [0.1, 0.15) is 6.04 Å². The number of nitrogens with zero attached hydrogens (tertiary/aromatic N) is 3. The molecule has 0 aliphatic carbocycles. The van der Waals surface area contributed by atoms with Crippen molar-refractivity contribution in [3.05, 3.63) is 52.8 Å². The van der Waals surface area contributed by atoms with E-state index >= 15 is 0 Å². The van der Waals surface area contributed by atoms with Crippen molar-refractivity contribution in [2.45, 2.75) is 45.7 Å². The lowest BCUT2D eigenvalue weighted by Gasteiger charge is -2.33. The third-order valence-corrected chi connectivity index (χ3v) is 4.66. The quantitative estimate of drug-likeness (QED) is 0.927. The molecule has 132 valence electrons. The minimum atomic E-state index is -0.924. The zero-order chi connectivity index (χ0) is 18.0. The van der Waals surface area contributed by atoms with Crippen LogP contribution < -0.4 is 0 Å². The highest BCUT2D eigenvalue weighted by molar-refractivity contribution is 5.96. The molecule has 1 aliphatic heterocycles. The minimum absolute atomic E-state index is 0.206. The highest BCUT2D eigenvalue weighted by atomic mass is 16.4. The number of hydrogen-bond acceptors (Lipinski definition) is 3. The maximum absolute atomic E-state index is 12.8. The van der Waals surface area contributed by atoms with E-state index in [1.165, 1.54) is 4.90 Å². The first-order chi connectivity index (χ1) is 12.0. The van der Waals surface area contributed by atoms with Gasteiger partial charge in [0, 0.05) is 17.8 Å². The second-order valence-electron chi connectivity index (χ2n) is 6.63. The van der Waals surface area contributed by atoms with Gasteiger partial charge in [-0.15, -0.1) is 0 Å². The van der Waals surface area contributed by atoms with E-state index in [2.05, 4.69) is 5.10 Å². The molecule has 6 heteroatoms. The molecular weight excluding hydrogens is 318 g/mol. The molecule has 1 atom stereocenters. The van der Waals surface area contributed by atoms with Gasteiger partial charge in [-0.25, -0.2) is 4.79 Å². The van der Waals surface area contributed by atoms with Crippen molar-refractivity contribution in [1.29, 1.82) is 0 Å². The Labute approximate surface area is 147 Å². The van der Waals surface area contributed by atoms with Crippen molar-refractivity contribution in [3.63, 3.8) is 0 Å². The van der Waals surface area contributed by atoms with Gasteiger partial charge in [-0.2, -0.15) is 5.10 Å². The van der Waals surface area contributed by atoms with E-state index < -0.39 is 12.0 Å². The molecule has 1 amide bonds. The predicted molar refractivity (Wildman–Crippen MR) is 93.6 cm³/mol. The van der Waals surface area contributed by atoms with E-state index in [-0.39, 0.29) is 5.91 Å². The minimum Gasteiger partial charge on any atom is -0.480 e. The van der Waals surface area contributed by atoms with Crippen molar-refractivity contribution < 1.29 is 14.7 Å². The van der Waals surface area contributed by atoms with Gasteiger partial charge in [0.25, 0.3) is 5.91 Å². The van der Waals surface area contributed by atoms with Gasteiger partial charge >= 0.3 is 5.97 Å². The largest absolute Gasteiger partial charge is 0.480 e. The molecule has 1 aromatic carbocycles. The SMILES string of the molecule is Cc1cc(C)n(Cc2cccc(C(=O)N3CCCCC3C(=O)O)c2)n1. The fourth-order valence-electron chi connectivity index (χ4n) is 3.41. The third kappa shape index (κ3) is 3.73. The average molecular weight is 341 g/mol. The lowest BCUT2D eigenvalue weighted by atomic mass is 10.0. The van der Waals surface area contributed by atoms with Crippen molar-refractivity contribution in [2.24, 2.45) is 0 Å². The molecule has 1 aliphatic rings. The van der Waals surface area contributed by atoms with Crippen LogP contribution in [0, 0.1) is 13.8 Å². The molecule has 2 aromatic rings. The van der Waals surface area contributed by atoms with E-state index in [0.717, 1.165) is 29.8 Å². The lowest BCUT2D eigenvalue weighted by molar-refractivity contribution is -0.143. The number of carboxylic acids is 1. The maximum Gasteiger partial charge on any atom is 0.326 e. The van der Waals surface area contributed by atoms with E-state index in [9.17, 15) is 14.7 Å². The molecule has 0 spiro atoms. The van der Waals surface area contributed by atoms with Crippen molar-refractivity contribution in [2.75, 3.05) is 6.54 Å². The summed E-state index contributed by atoms with van der Waals surface area (Å²) >= 11 is 0. The summed E-state index contributed by atoms with van der Waals surface area (Å²) in [5.74, 6) is -1.13. The number of rotatable bonds is 4. The van der Waals surface area contributed by atoms with Crippen LogP contribution >= 0.6 is 0 Å². The zero-order valence-electron chi connectivity index (χ0n) is 14.6. The number of piperidine rings is 1. The molecule has 1 saturated heterocycles. The number of aryl methyl sites for hydroxylation is 2. The van der Waals surface area contributed by atoms with Gasteiger partial charge in [0.05, 0.1) is 12.2 Å². The number of carbonyl (C=O) groups is 2. The maximum atomic E-state index is 12.8. The molecule has 2 heterocycles. The smallest absolute Gasteiger partial charge is 0.326 e. The van der Waals surface area contributed by atoms with Gasteiger partial charge in [0.15, 0.2) is 0 Å². The molecule has 1 unspecified atom stereocenters. The Morgan fingerprint density at radius 2 is 2.04 bits per heavy atom. The molecule has 6 nitrogen and oxygen atoms in total. The molecule has 1 N–H and O–H groups in total. The number of carbonyl (C=O) groups excluding carboxylic acids is 1. The van der Waals surface area contributed by atoms with Crippen LogP contribution in [-0.4, -0.2) is 44.3 Å². The van der Waals surface area contributed by atoms with Gasteiger partial charge in [0.2, 0.25) is 0 Å². The summed E-state index contributed by atoms with van der Waals surface area (Å²) in [6.45, 7) is 5.03. The number of amides is 1. The summed E-state index contributed by atoms with van der Waals surface area (Å²) < 4.78 is 1.90. The van der Waals surface area contributed by atoms with Gasteiger partial charge < -0.3 is 10.0 Å². The molecule has 0 radical (unpaired) electrons. The Morgan fingerprint density at radius 1 is 1.24 bits per heavy atom. The van der Waals surface area contributed by atoms with Crippen LogP contribution in [0.5, 0.6) is 0 Å². The van der Waals surface area contributed by atoms with E-state index in [1.54, 1.807) is 6.07 Å². The summed E-state index contributed by atoms with van der Waals surface area (Å²) in [6, 6.07) is 8.68. The Kier molecular flexibility index (Phi) is 4.88. The number of likely N-dealkylation sites (tertiary alicyclic amines) is 1. The second-order valence-corrected chi connectivity index (χ2v) is 6.63. The van der Waals surface area contributed by atoms with Crippen molar-refractivity contribution in [1.82, 2.24) is 14.7 Å². The molecule has 25 heavy (non-hydrogen) atoms. The summed E-state index contributed by atoms with van der Waals surface area (Å²) in [4.78, 5) is 25.8. The number of benzene rings is 1. The molecule has 0 bridgehead atoms. The summed E-state index contributed by atoms with van der Waals surface area (Å²) in [5.41, 5.74) is 3.53. The first kappa shape index (κ1) is 17.2. The Morgan fingerprint density at radius 3 is 2.72 bits per heavy atom. The molecule has 3 rings (SSSR count). The molecule has 0 saturated carbocycles. The van der Waals surface area contributed by atoms with Crippen LogP contribution in [-0.2, 0) is 11.3 Å². The van der Waals surface area contributed by atoms with Crippen LogP contribution in [0.2, 0.25) is 0 Å². The number of carboxylic acid groups (broad SMARTS) is 1. The van der Waals surface area contributed by atoms with Crippen molar-refractivity contribution in [3.8, 4) is 0 Å². The second kappa shape index (κ2) is 7.09. The summed E-state index contributed by atoms with van der Waals surface area (Å²) in [7, 11) is 0. The van der Waals surface area contributed by atoms with Crippen LogP contribution in [0.25, 0.3) is 0 Å². The summed E-state index contributed by atoms with van der Waals surface area (Å²) in [5, 5.41) is 13.8. The van der Waals surface area contributed by atoms with Gasteiger partial charge in [-0.1, -0.05) is 12.1 Å². The van der Waals surface area contributed by atoms with Gasteiger partial charge in [-0.05, 0) is 56.9 Å². The molecule has 1 fully saturated rings. The monoisotopic (exact) mass is 341 g/mol. The first-order valence-corrected chi connectivity index (χ1v) is 8.59. The van der Waals surface area contributed by atoms with E-state index in [0.29, 0.717) is 25.1 Å². The first-order valence-electron chi connectivity index (χ1n) is 8.59. The Balaban J connectivity index is 1.81. The van der Waals surface area contributed by atoms with E-state index in [4.69, 9.17) is 0 Å². The van der Waals surface area contributed by atoms with E-state index in [1.807, 2.05) is 42.8 Å². The fourth-order valence-corrected chi connectivity index (χ4v) is 3.41. The van der Waals surface area contributed by atoms with Gasteiger partial charge in [-0.3, -0.25) is 9.48 Å². The Hall–Kier alpha value is -2.63. The number of aromatic nitrogens is 2. The van der Waals surface area contributed by atoms with Crippen molar-refractivity contribution >= 4 is 11.9 Å². The predicted octanol–water partition coefficient (Wildman–Crippen LogP) is 2.63. The highest BCUT2D eigenvalue weighted by Gasteiger charge is 2.32. The number of aliphatic carboxylic acids is 1. The Bertz CT molecular complexity index is 797.